The second kappa shape index (κ2) is 7.27. The molecule has 0 spiro atoms. The second-order valence-corrected chi connectivity index (χ2v) is 5.25. The molecule has 0 bridgehead atoms. The van der Waals surface area contributed by atoms with Gasteiger partial charge in [-0.15, -0.1) is 0 Å². The molecule has 9 nitrogen and oxygen atoms in total. The molecule has 0 unspecified atom stereocenters. The molecule has 124 valence electrons. The van der Waals surface area contributed by atoms with Gasteiger partial charge in [-0.1, -0.05) is 0 Å². The average Bonchev–Trinajstić information content (AvgIpc) is 2.49. The number of rotatable bonds is 4. The summed E-state index contributed by atoms with van der Waals surface area (Å²) in [4.78, 5) is 0. The molecule has 21 heavy (non-hydrogen) atoms. The Morgan fingerprint density at radius 2 is 1.57 bits per heavy atom. The van der Waals surface area contributed by atoms with E-state index in [2.05, 4.69) is 0 Å². The summed E-state index contributed by atoms with van der Waals surface area (Å²) in [7, 11) is 0. The van der Waals surface area contributed by atoms with Gasteiger partial charge >= 0.3 is 0 Å². The van der Waals surface area contributed by atoms with Crippen LogP contribution in [0.2, 0.25) is 0 Å². The van der Waals surface area contributed by atoms with Crippen LogP contribution < -0.4 is 0 Å². The van der Waals surface area contributed by atoms with Crippen LogP contribution in [0.1, 0.15) is 6.42 Å². The summed E-state index contributed by atoms with van der Waals surface area (Å²) in [6.45, 7) is -0.696. The molecule has 0 radical (unpaired) electrons. The van der Waals surface area contributed by atoms with Gasteiger partial charge in [0.1, 0.15) is 36.6 Å². The van der Waals surface area contributed by atoms with E-state index in [-0.39, 0.29) is 13.2 Å². The maximum absolute atomic E-state index is 9.91. The van der Waals surface area contributed by atoms with Gasteiger partial charge in [0.2, 0.25) is 0 Å². The quantitative estimate of drug-likeness (QED) is 0.308. The topological polar surface area (TPSA) is 149 Å². The summed E-state index contributed by atoms with van der Waals surface area (Å²) >= 11 is 0. The van der Waals surface area contributed by atoms with Crippen molar-refractivity contribution in [3.05, 3.63) is 0 Å². The maximum atomic E-state index is 9.91. The Kier molecular flexibility index (Phi) is 5.88. The molecule has 9 heteroatoms. The van der Waals surface area contributed by atoms with Crippen LogP contribution in [0.15, 0.2) is 0 Å². The smallest absolute Gasteiger partial charge is 0.187 e. The fraction of sp³-hybridized carbons (Fsp3) is 1.00. The SMILES string of the molecule is OC[C@H]1O[C@H](O[C@H]2[C@H](O)CCO[C@@H]2CO)[C@H](O)[C@@H](O)[C@@H]1O. The molecular weight excluding hydrogens is 288 g/mol. The molecular formula is C12H22O9. The Labute approximate surface area is 121 Å². The van der Waals surface area contributed by atoms with Gasteiger partial charge in [0.05, 0.1) is 19.3 Å². The van der Waals surface area contributed by atoms with E-state index in [0.717, 1.165) is 0 Å². The van der Waals surface area contributed by atoms with Crippen molar-refractivity contribution < 1.29 is 44.8 Å². The molecule has 0 aromatic carbocycles. The number of ether oxygens (including phenoxy) is 3. The van der Waals surface area contributed by atoms with Gasteiger partial charge in [-0.3, -0.25) is 0 Å². The lowest BCUT2D eigenvalue weighted by Crippen LogP contribution is -2.61. The van der Waals surface area contributed by atoms with Crippen LogP contribution in [-0.2, 0) is 14.2 Å². The minimum absolute atomic E-state index is 0.265. The monoisotopic (exact) mass is 310 g/mol. The maximum Gasteiger partial charge on any atom is 0.187 e. The van der Waals surface area contributed by atoms with Gasteiger partial charge in [0.15, 0.2) is 6.29 Å². The van der Waals surface area contributed by atoms with Crippen LogP contribution in [0.25, 0.3) is 0 Å². The van der Waals surface area contributed by atoms with Crippen LogP contribution >= 0.6 is 0 Å². The molecule has 0 saturated carbocycles. The molecule has 0 amide bonds. The van der Waals surface area contributed by atoms with E-state index in [4.69, 9.17) is 19.3 Å². The molecule has 2 fully saturated rings. The van der Waals surface area contributed by atoms with Crippen molar-refractivity contribution in [3.8, 4) is 0 Å². The average molecular weight is 310 g/mol. The predicted molar refractivity (Wildman–Crippen MR) is 66.1 cm³/mol. The summed E-state index contributed by atoms with van der Waals surface area (Å²) in [5.74, 6) is 0. The van der Waals surface area contributed by atoms with E-state index in [0.29, 0.717) is 6.42 Å². The second-order valence-electron chi connectivity index (χ2n) is 5.25. The van der Waals surface area contributed by atoms with E-state index in [9.17, 15) is 25.5 Å². The minimum atomic E-state index is -1.56. The van der Waals surface area contributed by atoms with Gasteiger partial charge in [0, 0.05) is 6.61 Å². The summed E-state index contributed by atoms with van der Waals surface area (Å²) in [5, 5.41) is 57.4. The highest BCUT2D eigenvalue weighted by molar-refractivity contribution is 4.91. The fourth-order valence-electron chi connectivity index (χ4n) is 2.52. The Bertz CT molecular complexity index is 326. The van der Waals surface area contributed by atoms with Crippen LogP contribution in [-0.4, -0.2) is 99.5 Å². The Balaban J connectivity index is 2.05. The van der Waals surface area contributed by atoms with E-state index in [1.807, 2.05) is 0 Å². The van der Waals surface area contributed by atoms with E-state index in [1.54, 1.807) is 0 Å². The van der Waals surface area contributed by atoms with Gasteiger partial charge in [-0.05, 0) is 6.42 Å². The number of hydrogen-bond donors (Lipinski definition) is 6. The van der Waals surface area contributed by atoms with Crippen molar-refractivity contribution in [3.63, 3.8) is 0 Å². The predicted octanol–water partition coefficient (Wildman–Crippen LogP) is -3.69. The molecule has 2 rings (SSSR count). The first-order valence-corrected chi connectivity index (χ1v) is 6.86. The largest absolute Gasteiger partial charge is 0.394 e. The zero-order valence-corrected chi connectivity index (χ0v) is 11.4. The normalized spacial score (nSPS) is 48.3. The van der Waals surface area contributed by atoms with Crippen molar-refractivity contribution in [2.45, 2.75) is 55.4 Å². The number of hydrogen-bond acceptors (Lipinski definition) is 9. The minimum Gasteiger partial charge on any atom is -0.394 e. The first-order valence-electron chi connectivity index (χ1n) is 6.86. The molecule has 0 aromatic heterocycles. The number of aliphatic hydroxyl groups is 6. The van der Waals surface area contributed by atoms with E-state index < -0.39 is 55.6 Å². The first kappa shape index (κ1) is 17.0. The zero-order valence-electron chi connectivity index (χ0n) is 11.4. The van der Waals surface area contributed by atoms with Crippen LogP contribution in [0.3, 0.4) is 0 Å². The molecule has 0 aromatic rings. The molecule has 2 saturated heterocycles. The molecule has 6 N–H and O–H groups in total. The van der Waals surface area contributed by atoms with Crippen LogP contribution in [0.4, 0.5) is 0 Å². The third-order valence-electron chi connectivity index (χ3n) is 3.81. The Morgan fingerprint density at radius 3 is 2.19 bits per heavy atom. The lowest BCUT2D eigenvalue weighted by atomic mass is 9.98. The Morgan fingerprint density at radius 1 is 0.905 bits per heavy atom. The molecule has 8 atom stereocenters. The van der Waals surface area contributed by atoms with Crippen molar-refractivity contribution in [2.24, 2.45) is 0 Å². The van der Waals surface area contributed by atoms with Gasteiger partial charge in [-0.25, -0.2) is 0 Å². The van der Waals surface area contributed by atoms with E-state index >= 15 is 0 Å². The highest BCUT2D eigenvalue weighted by atomic mass is 16.7. The third kappa shape index (κ3) is 3.52. The lowest BCUT2D eigenvalue weighted by molar-refractivity contribution is -0.330. The van der Waals surface area contributed by atoms with Crippen molar-refractivity contribution in [1.82, 2.24) is 0 Å². The van der Waals surface area contributed by atoms with Gasteiger partial charge in [-0.2, -0.15) is 0 Å². The van der Waals surface area contributed by atoms with E-state index in [1.165, 1.54) is 0 Å². The van der Waals surface area contributed by atoms with Gasteiger partial charge in [0.25, 0.3) is 0 Å². The summed E-state index contributed by atoms with van der Waals surface area (Å²) in [6, 6.07) is 0. The Hall–Kier alpha value is -0.360. The lowest BCUT2D eigenvalue weighted by Gasteiger charge is -2.43. The highest BCUT2D eigenvalue weighted by Gasteiger charge is 2.46. The van der Waals surface area contributed by atoms with Crippen molar-refractivity contribution in [2.75, 3.05) is 19.8 Å². The molecule has 0 aliphatic carbocycles. The van der Waals surface area contributed by atoms with Gasteiger partial charge < -0.3 is 44.8 Å². The molecule has 2 heterocycles. The highest BCUT2D eigenvalue weighted by Crippen LogP contribution is 2.26. The third-order valence-corrected chi connectivity index (χ3v) is 3.81. The standard InChI is InChI=1S/C12H22O9/c13-3-6-8(16)9(17)10(18)12(20-6)21-11-5(15)1-2-19-7(11)4-14/h5-18H,1-4H2/t5-,6-,7-,8-,9+,10-,11+,12-/m1/s1. The summed E-state index contributed by atoms with van der Waals surface area (Å²) < 4.78 is 15.9. The fourth-order valence-corrected chi connectivity index (χ4v) is 2.52. The molecule has 2 aliphatic heterocycles. The summed E-state index contributed by atoms with van der Waals surface area (Å²) in [5.41, 5.74) is 0. The molecule has 2 aliphatic rings. The number of aliphatic hydroxyl groups excluding tert-OH is 6. The van der Waals surface area contributed by atoms with Crippen molar-refractivity contribution >= 4 is 0 Å². The van der Waals surface area contributed by atoms with Crippen LogP contribution in [0, 0.1) is 0 Å². The summed E-state index contributed by atoms with van der Waals surface area (Å²) in [6.07, 6.45) is -9.44. The first-order chi connectivity index (χ1) is 9.99. The zero-order chi connectivity index (χ0) is 15.6. The van der Waals surface area contributed by atoms with Crippen LogP contribution in [0.5, 0.6) is 0 Å². The van der Waals surface area contributed by atoms with Crippen molar-refractivity contribution in [1.29, 1.82) is 0 Å².